The number of nitrogens with zero attached hydrogens (tertiary/aromatic N) is 4. The maximum atomic E-state index is 13.2. The van der Waals surface area contributed by atoms with Crippen molar-refractivity contribution in [3.63, 3.8) is 0 Å². The summed E-state index contributed by atoms with van der Waals surface area (Å²) in [4.78, 5) is 26.3. The lowest BCUT2D eigenvalue weighted by molar-refractivity contribution is -0.384. The summed E-state index contributed by atoms with van der Waals surface area (Å²) < 4.78 is 27.8. The predicted molar refractivity (Wildman–Crippen MR) is 170 cm³/mol. The molecule has 3 aromatic rings. The first-order valence-electron chi connectivity index (χ1n) is 15.1. The van der Waals surface area contributed by atoms with Crippen LogP contribution in [0.5, 0.6) is 0 Å². The first-order valence-corrected chi connectivity index (χ1v) is 16.6. The maximum Gasteiger partial charge on any atom is 0.407 e. The third kappa shape index (κ3) is 9.35. The van der Waals surface area contributed by atoms with E-state index in [1.54, 1.807) is 43.4 Å². The molecule has 1 amide bonds. The van der Waals surface area contributed by atoms with Crippen LogP contribution in [-0.4, -0.2) is 78.4 Å². The van der Waals surface area contributed by atoms with Crippen LogP contribution in [0, 0.1) is 16.0 Å². The van der Waals surface area contributed by atoms with Gasteiger partial charge >= 0.3 is 6.09 Å². The number of nitro benzene ring substituents is 1. The Bertz CT molecular complexity index is 1450. The molecule has 0 bridgehead atoms. The average Bonchev–Trinajstić information content (AvgIpc) is 3.04. The van der Waals surface area contributed by atoms with Crippen LogP contribution in [0.25, 0.3) is 0 Å². The molecule has 0 unspecified atom stereocenters. The smallest absolute Gasteiger partial charge is 0.407 e. The zero-order valence-electron chi connectivity index (χ0n) is 25.2. The van der Waals surface area contributed by atoms with Gasteiger partial charge in [-0.25, -0.2) is 17.5 Å². The molecule has 0 spiro atoms. The van der Waals surface area contributed by atoms with Gasteiger partial charge in [0.05, 0.1) is 9.82 Å². The Hall–Kier alpha value is -3.80. The summed E-state index contributed by atoms with van der Waals surface area (Å²) >= 11 is 0. The molecule has 1 fully saturated rings. The second-order valence-corrected chi connectivity index (χ2v) is 13.6. The van der Waals surface area contributed by atoms with Gasteiger partial charge in [-0.2, -0.15) is 0 Å². The van der Waals surface area contributed by atoms with Gasteiger partial charge in [0.15, 0.2) is 0 Å². The van der Waals surface area contributed by atoms with E-state index >= 15 is 0 Å². The third-order valence-electron chi connectivity index (χ3n) is 8.53. The fraction of sp³-hybridized carbons (Fsp3) is 0.424. The lowest BCUT2D eigenvalue weighted by atomic mass is 9.91. The molecule has 1 aliphatic rings. The van der Waals surface area contributed by atoms with Gasteiger partial charge in [-0.05, 0) is 86.8 Å². The van der Waals surface area contributed by atoms with Crippen molar-refractivity contribution >= 4 is 21.8 Å². The molecule has 4 rings (SSSR count). The highest BCUT2D eigenvalue weighted by Crippen LogP contribution is 2.27. The highest BCUT2D eigenvalue weighted by molar-refractivity contribution is 7.89. The minimum Gasteiger partial charge on any atom is -0.465 e. The first-order chi connectivity index (χ1) is 21.1. The van der Waals surface area contributed by atoms with E-state index in [1.165, 1.54) is 21.3 Å². The van der Waals surface area contributed by atoms with Crippen molar-refractivity contribution in [3.8, 4) is 0 Å². The zero-order valence-corrected chi connectivity index (χ0v) is 26.0. The number of carbonyl (C=O) groups is 1. The second kappa shape index (κ2) is 15.8. The lowest BCUT2D eigenvalue weighted by Crippen LogP contribution is -2.37. The summed E-state index contributed by atoms with van der Waals surface area (Å²) in [5.41, 5.74) is 1.85. The SMILES string of the molecule is CN(C[C@@H](CCN1CCC(CCCN(Cc2ccc([N+](=O)[O-])cc2)C(=O)O)CC1)c1ccccc1)S(=O)(=O)c1ccccc1. The van der Waals surface area contributed by atoms with Crippen molar-refractivity contribution in [1.82, 2.24) is 14.1 Å². The summed E-state index contributed by atoms with van der Waals surface area (Å²) in [6.07, 6.45) is 3.67. The summed E-state index contributed by atoms with van der Waals surface area (Å²) in [7, 11) is -1.93. The van der Waals surface area contributed by atoms with Gasteiger partial charge in [-0.15, -0.1) is 0 Å². The topological polar surface area (TPSA) is 124 Å². The predicted octanol–water partition coefficient (Wildman–Crippen LogP) is 6.06. The normalized spacial score (nSPS) is 15.2. The molecular weight excluding hydrogens is 580 g/mol. The number of benzene rings is 3. The van der Waals surface area contributed by atoms with Crippen LogP contribution in [0.15, 0.2) is 89.8 Å². The largest absolute Gasteiger partial charge is 0.465 e. The number of likely N-dealkylation sites (tertiary alicyclic amines) is 1. The van der Waals surface area contributed by atoms with Crippen molar-refractivity contribution in [2.75, 3.05) is 39.8 Å². The van der Waals surface area contributed by atoms with E-state index in [9.17, 15) is 28.4 Å². The molecule has 0 aromatic heterocycles. The van der Waals surface area contributed by atoms with Crippen molar-refractivity contribution in [2.24, 2.45) is 5.92 Å². The number of amides is 1. The number of hydrogen-bond acceptors (Lipinski definition) is 6. The van der Waals surface area contributed by atoms with Crippen LogP contribution in [0.1, 0.15) is 49.1 Å². The Morgan fingerprint density at radius 1 is 1.00 bits per heavy atom. The quantitative estimate of drug-likeness (QED) is 0.161. The molecule has 1 N–H and O–H groups in total. The van der Waals surface area contributed by atoms with Crippen LogP contribution in [0.3, 0.4) is 0 Å². The van der Waals surface area contributed by atoms with Gasteiger partial charge in [-0.3, -0.25) is 10.1 Å². The Morgan fingerprint density at radius 3 is 2.20 bits per heavy atom. The molecule has 0 aliphatic carbocycles. The number of carboxylic acid groups (broad SMARTS) is 1. The molecular formula is C33H42N4O6S. The standard InChI is InChI=1S/C33H42N4O6S/c1-34(44(42,43)32-12-6-3-7-13-32)26-30(29-10-4-2-5-11-29)20-24-35-22-18-27(19-23-35)9-8-21-36(33(38)39)25-28-14-16-31(17-15-28)37(40)41/h2-7,10-17,27,30H,8-9,18-26H2,1H3,(H,38,39)/t30-/m1/s1. The average molecular weight is 623 g/mol. The molecule has 44 heavy (non-hydrogen) atoms. The van der Waals surface area contributed by atoms with Gasteiger partial charge in [0.25, 0.3) is 5.69 Å². The molecule has 10 nitrogen and oxygen atoms in total. The molecule has 0 saturated carbocycles. The van der Waals surface area contributed by atoms with Gasteiger partial charge in [0.1, 0.15) is 0 Å². The molecule has 1 saturated heterocycles. The summed E-state index contributed by atoms with van der Waals surface area (Å²) in [5, 5.41) is 20.5. The Kier molecular flexibility index (Phi) is 11.9. The van der Waals surface area contributed by atoms with Crippen LogP contribution >= 0.6 is 0 Å². The highest BCUT2D eigenvalue weighted by Gasteiger charge is 2.26. The first kappa shape index (κ1) is 33.1. The van der Waals surface area contributed by atoms with Gasteiger partial charge in [0.2, 0.25) is 10.0 Å². The van der Waals surface area contributed by atoms with Crippen LogP contribution in [0.2, 0.25) is 0 Å². The summed E-state index contributed by atoms with van der Waals surface area (Å²) in [6, 6.07) is 24.7. The minimum absolute atomic E-state index is 0.0131. The number of non-ortho nitro benzene ring substituents is 1. The molecule has 1 heterocycles. The molecule has 11 heteroatoms. The fourth-order valence-electron chi connectivity index (χ4n) is 5.86. The van der Waals surface area contributed by atoms with Gasteiger partial charge < -0.3 is 14.9 Å². The van der Waals surface area contributed by atoms with Crippen LogP contribution in [0.4, 0.5) is 10.5 Å². The number of sulfonamides is 1. The van der Waals surface area contributed by atoms with Crippen LogP contribution in [-0.2, 0) is 16.6 Å². The van der Waals surface area contributed by atoms with E-state index in [0.717, 1.165) is 62.9 Å². The Balaban J connectivity index is 1.24. The highest BCUT2D eigenvalue weighted by atomic mass is 32.2. The van der Waals surface area contributed by atoms with Crippen molar-refractivity contribution in [2.45, 2.75) is 49.5 Å². The monoisotopic (exact) mass is 622 g/mol. The number of nitro groups is 1. The van der Waals surface area contributed by atoms with Crippen molar-refractivity contribution in [1.29, 1.82) is 0 Å². The molecule has 0 radical (unpaired) electrons. The minimum atomic E-state index is -3.58. The number of piperidine rings is 1. The maximum absolute atomic E-state index is 13.2. The molecule has 236 valence electrons. The van der Waals surface area contributed by atoms with E-state index in [0.29, 0.717) is 23.9 Å². The molecule has 1 aliphatic heterocycles. The van der Waals surface area contributed by atoms with Crippen molar-refractivity contribution < 1.29 is 23.2 Å². The number of rotatable bonds is 15. The van der Waals surface area contributed by atoms with Gasteiger partial charge in [-0.1, -0.05) is 60.7 Å². The van der Waals surface area contributed by atoms with Crippen molar-refractivity contribution in [3.05, 3.63) is 106 Å². The van der Waals surface area contributed by atoms with E-state index < -0.39 is 21.0 Å². The molecule has 3 aromatic carbocycles. The van der Waals surface area contributed by atoms with E-state index in [2.05, 4.69) is 17.0 Å². The summed E-state index contributed by atoms with van der Waals surface area (Å²) in [6.45, 7) is 3.84. The Morgan fingerprint density at radius 2 is 1.61 bits per heavy atom. The van der Waals surface area contributed by atoms with Crippen LogP contribution < -0.4 is 0 Å². The van der Waals surface area contributed by atoms with E-state index in [1.807, 2.05) is 24.3 Å². The second-order valence-electron chi connectivity index (χ2n) is 11.5. The molecule has 1 atom stereocenters. The Labute approximate surface area is 260 Å². The lowest BCUT2D eigenvalue weighted by Gasteiger charge is -2.33. The van der Waals surface area contributed by atoms with E-state index in [-0.39, 0.29) is 18.2 Å². The zero-order chi connectivity index (χ0) is 31.5. The number of hydrogen-bond donors (Lipinski definition) is 1. The summed E-state index contributed by atoms with van der Waals surface area (Å²) in [5.74, 6) is 0.600. The van der Waals surface area contributed by atoms with E-state index in [4.69, 9.17) is 0 Å². The number of likely N-dealkylation sites (N-methyl/N-ethyl adjacent to an activating group) is 1. The third-order valence-corrected chi connectivity index (χ3v) is 10.4. The fourth-order valence-corrected chi connectivity index (χ4v) is 7.10. The van der Waals surface area contributed by atoms with Gasteiger partial charge in [0, 0.05) is 38.8 Å².